The Morgan fingerprint density at radius 2 is 1.74 bits per heavy atom. The number of benzene rings is 2. The van der Waals surface area contributed by atoms with Crippen LogP contribution in [0.5, 0.6) is 0 Å². The second-order valence-electron chi connectivity index (χ2n) is 5.08. The highest BCUT2D eigenvalue weighted by Crippen LogP contribution is 2.27. The summed E-state index contributed by atoms with van der Waals surface area (Å²) in [5.74, 6) is 2.40. The average Bonchev–Trinajstić information content (AvgIpc) is 3.22. The maximum absolute atomic E-state index is 5.56. The molecule has 23 heavy (non-hydrogen) atoms. The molecule has 0 atom stereocenters. The maximum Gasteiger partial charge on any atom is 0.226 e. The molecule has 0 saturated carbocycles. The molecule has 2 aromatic carbocycles. The fourth-order valence-electron chi connectivity index (χ4n) is 2.31. The molecule has 0 saturated heterocycles. The summed E-state index contributed by atoms with van der Waals surface area (Å²) in [4.78, 5) is 9.20. The number of thiazole rings is 1. The Labute approximate surface area is 142 Å². The predicted octanol–water partition coefficient (Wildman–Crippen LogP) is 5.38. The molecule has 0 aliphatic heterocycles. The second-order valence-corrected chi connectivity index (χ2v) is 7.18. The van der Waals surface area contributed by atoms with Gasteiger partial charge in [0.15, 0.2) is 0 Å². The van der Waals surface area contributed by atoms with E-state index in [1.165, 1.54) is 4.70 Å². The number of fused-ring (bicyclic) bond motifs is 1. The Balaban J connectivity index is 1.39. The molecular formula is C18H14N2OS2. The van der Waals surface area contributed by atoms with E-state index in [0.717, 1.165) is 33.3 Å². The third-order valence-electron chi connectivity index (χ3n) is 3.39. The molecule has 2 aromatic heterocycles. The summed E-state index contributed by atoms with van der Waals surface area (Å²) in [5.41, 5.74) is 3.06. The van der Waals surface area contributed by atoms with Crippen molar-refractivity contribution < 1.29 is 4.42 Å². The summed E-state index contributed by atoms with van der Waals surface area (Å²) < 4.78 is 6.81. The summed E-state index contributed by atoms with van der Waals surface area (Å²) in [6, 6.07) is 18.2. The molecule has 114 valence electrons. The van der Waals surface area contributed by atoms with Gasteiger partial charge in [-0.2, -0.15) is 0 Å². The summed E-state index contributed by atoms with van der Waals surface area (Å²) in [5, 5.41) is 1.16. The zero-order valence-electron chi connectivity index (χ0n) is 12.3. The van der Waals surface area contributed by atoms with Gasteiger partial charge in [-0.1, -0.05) is 30.3 Å². The van der Waals surface area contributed by atoms with E-state index in [2.05, 4.69) is 28.2 Å². The average molecular weight is 338 g/mol. The van der Waals surface area contributed by atoms with E-state index in [-0.39, 0.29) is 0 Å². The molecule has 4 aromatic rings. The molecular weight excluding hydrogens is 324 g/mol. The molecule has 3 nitrogen and oxygen atoms in total. The first-order chi connectivity index (χ1) is 11.4. The lowest BCUT2D eigenvalue weighted by Gasteiger charge is -1.95. The smallest absolute Gasteiger partial charge is 0.226 e. The number of rotatable bonds is 5. The summed E-state index contributed by atoms with van der Waals surface area (Å²) in [6.45, 7) is 0. The molecule has 0 radical (unpaired) electrons. The van der Waals surface area contributed by atoms with Crippen molar-refractivity contribution in [3.8, 4) is 11.5 Å². The van der Waals surface area contributed by atoms with Crippen LogP contribution < -0.4 is 0 Å². The minimum atomic E-state index is 0.682. The van der Waals surface area contributed by atoms with Gasteiger partial charge >= 0.3 is 0 Å². The van der Waals surface area contributed by atoms with Crippen LogP contribution in [-0.2, 0) is 11.5 Å². The number of thioether (sulfide) groups is 1. The van der Waals surface area contributed by atoms with Gasteiger partial charge in [-0.25, -0.2) is 9.97 Å². The van der Waals surface area contributed by atoms with Gasteiger partial charge in [0.2, 0.25) is 5.89 Å². The summed E-state index contributed by atoms with van der Waals surface area (Å²) in [7, 11) is 0. The second kappa shape index (κ2) is 6.56. The third kappa shape index (κ3) is 3.30. The van der Waals surface area contributed by atoms with Crippen molar-refractivity contribution >= 4 is 33.3 Å². The summed E-state index contributed by atoms with van der Waals surface area (Å²) in [6.07, 6.45) is 1.74. The van der Waals surface area contributed by atoms with E-state index in [9.17, 15) is 0 Å². The Morgan fingerprint density at radius 3 is 2.61 bits per heavy atom. The number of hydrogen-bond acceptors (Lipinski definition) is 5. The lowest BCUT2D eigenvalue weighted by atomic mass is 10.2. The lowest BCUT2D eigenvalue weighted by molar-refractivity contribution is 0.573. The largest absolute Gasteiger partial charge is 0.444 e. The Morgan fingerprint density at radius 1 is 0.913 bits per heavy atom. The Kier molecular flexibility index (Phi) is 4.13. The van der Waals surface area contributed by atoms with Gasteiger partial charge in [0.1, 0.15) is 11.3 Å². The molecule has 4 rings (SSSR count). The van der Waals surface area contributed by atoms with Gasteiger partial charge in [-0.3, -0.25) is 0 Å². The highest BCUT2D eigenvalue weighted by molar-refractivity contribution is 7.97. The Bertz CT molecular complexity index is 882. The third-order valence-corrected chi connectivity index (χ3v) is 5.58. The number of oxazole rings is 1. The van der Waals surface area contributed by atoms with Crippen molar-refractivity contribution in [3.63, 3.8) is 0 Å². The van der Waals surface area contributed by atoms with Gasteiger partial charge in [0.05, 0.1) is 15.9 Å². The molecule has 0 aliphatic carbocycles. The van der Waals surface area contributed by atoms with Gasteiger partial charge < -0.3 is 4.42 Å². The highest BCUT2D eigenvalue weighted by atomic mass is 32.2. The van der Waals surface area contributed by atoms with Crippen molar-refractivity contribution in [2.24, 2.45) is 0 Å². The molecule has 0 fully saturated rings. The van der Waals surface area contributed by atoms with Gasteiger partial charge in [0, 0.05) is 17.1 Å². The number of para-hydroxylation sites is 1. The predicted molar refractivity (Wildman–Crippen MR) is 96.6 cm³/mol. The fraction of sp³-hybridized carbons (Fsp3) is 0.111. The number of hydrogen-bond donors (Lipinski definition) is 0. The van der Waals surface area contributed by atoms with Gasteiger partial charge in [0.25, 0.3) is 0 Å². The van der Waals surface area contributed by atoms with E-state index in [1.54, 1.807) is 17.6 Å². The zero-order chi connectivity index (χ0) is 15.5. The normalized spacial score (nSPS) is 11.1. The standard InChI is InChI=1S/C18H14N2OS2/c1-2-6-13(7-3-1)18-19-14(10-21-18)11-22-12-17-20-15-8-4-5-9-16(15)23-17/h1-10H,11-12H2. The highest BCUT2D eigenvalue weighted by Gasteiger charge is 2.07. The van der Waals surface area contributed by atoms with E-state index in [0.29, 0.717) is 5.89 Å². The van der Waals surface area contributed by atoms with Crippen LogP contribution >= 0.6 is 23.1 Å². The summed E-state index contributed by atoms with van der Waals surface area (Å²) >= 11 is 3.57. The minimum absolute atomic E-state index is 0.682. The van der Waals surface area contributed by atoms with Crippen molar-refractivity contribution in [3.05, 3.63) is 71.6 Å². The van der Waals surface area contributed by atoms with Crippen LogP contribution in [0, 0.1) is 0 Å². The molecule has 0 N–H and O–H groups in total. The maximum atomic E-state index is 5.56. The monoisotopic (exact) mass is 338 g/mol. The number of nitrogens with zero attached hydrogens (tertiary/aromatic N) is 2. The van der Waals surface area contributed by atoms with Gasteiger partial charge in [-0.05, 0) is 24.3 Å². The van der Waals surface area contributed by atoms with Crippen molar-refractivity contribution in [1.29, 1.82) is 0 Å². The number of aromatic nitrogens is 2. The molecule has 0 aliphatic rings. The van der Waals surface area contributed by atoms with Crippen LogP contribution in [-0.4, -0.2) is 9.97 Å². The SMILES string of the molecule is c1ccc(-c2nc(CSCc3nc4ccccc4s3)co2)cc1. The molecule has 2 heterocycles. The van der Waals surface area contributed by atoms with E-state index in [1.807, 2.05) is 48.2 Å². The van der Waals surface area contributed by atoms with Crippen molar-refractivity contribution in [1.82, 2.24) is 9.97 Å². The Hall–Kier alpha value is -2.11. The minimum Gasteiger partial charge on any atom is -0.444 e. The van der Waals surface area contributed by atoms with Gasteiger partial charge in [-0.15, -0.1) is 23.1 Å². The molecule has 5 heteroatoms. The molecule has 0 unspecified atom stereocenters. The van der Waals surface area contributed by atoms with Crippen LogP contribution in [0.1, 0.15) is 10.7 Å². The first-order valence-electron chi connectivity index (χ1n) is 7.30. The van der Waals surface area contributed by atoms with Crippen LogP contribution in [0.25, 0.3) is 21.7 Å². The quantitative estimate of drug-likeness (QED) is 0.489. The zero-order valence-corrected chi connectivity index (χ0v) is 13.9. The lowest BCUT2D eigenvalue weighted by Crippen LogP contribution is -1.84. The first-order valence-corrected chi connectivity index (χ1v) is 9.27. The van der Waals surface area contributed by atoms with E-state index in [4.69, 9.17) is 4.42 Å². The van der Waals surface area contributed by atoms with Crippen LogP contribution in [0.2, 0.25) is 0 Å². The van der Waals surface area contributed by atoms with Crippen LogP contribution in [0.15, 0.2) is 65.3 Å². The molecule has 0 spiro atoms. The van der Waals surface area contributed by atoms with E-state index >= 15 is 0 Å². The molecule has 0 amide bonds. The first kappa shape index (κ1) is 14.5. The topological polar surface area (TPSA) is 38.9 Å². The fourth-order valence-corrected chi connectivity index (χ4v) is 4.24. The van der Waals surface area contributed by atoms with Crippen molar-refractivity contribution in [2.45, 2.75) is 11.5 Å². The van der Waals surface area contributed by atoms with Crippen LogP contribution in [0.4, 0.5) is 0 Å². The van der Waals surface area contributed by atoms with Crippen molar-refractivity contribution in [2.75, 3.05) is 0 Å². The van der Waals surface area contributed by atoms with Crippen LogP contribution in [0.3, 0.4) is 0 Å². The van der Waals surface area contributed by atoms with E-state index < -0.39 is 0 Å². The molecule has 0 bridgehead atoms.